The van der Waals surface area contributed by atoms with Gasteiger partial charge in [0.15, 0.2) is 11.5 Å². The highest BCUT2D eigenvalue weighted by atomic mass is 32.1. The van der Waals surface area contributed by atoms with E-state index >= 15 is 0 Å². The molecule has 0 saturated heterocycles. The molecule has 1 aromatic heterocycles. The first kappa shape index (κ1) is 20.8. The first-order valence-corrected chi connectivity index (χ1v) is 10.8. The SMILES string of the molecule is C[C@@H](NC(=O)CCc1nnc(C(=O)Nc2ccccc2)s1)c1ccc2c(c1)OCCO2. The Kier molecular flexibility index (Phi) is 6.42. The van der Waals surface area contributed by atoms with E-state index in [1.807, 2.05) is 43.3 Å². The number of carbonyl (C=O) groups excluding carboxylic acids is 2. The van der Waals surface area contributed by atoms with Crippen LogP contribution in [0.1, 0.15) is 39.8 Å². The summed E-state index contributed by atoms with van der Waals surface area (Å²) in [6, 6.07) is 14.6. The van der Waals surface area contributed by atoms with E-state index < -0.39 is 0 Å². The molecule has 31 heavy (non-hydrogen) atoms. The number of nitrogens with one attached hydrogen (secondary N) is 2. The molecule has 0 radical (unpaired) electrons. The van der Waals surface area contributed by atoms with E-state index in [4.69, 9.17) is 9.47 Å². The van der Waals surface area contributed by atoms with Crippen LogP contribution in [0.25, 0.3) is 0 Å². The van der Waals surface area contributed by atoms with Crippen molar-refractivity contribution in [1.29, 1.82) is 0 Å². The van der Waals surface area contributed by atoms with Gasteiger partial charge in [-0.3, -0.25) is 9.59 Å². The van der Waals surface area contributed by atoms with E-state index in [0.717, 1.165) is 11.3 Å². The second kappa shape index (κ2) is 9.57. The second-order valence-corrected chi connectivity index (χ2v) is 8.08. The quantitative estimate of drug-likeness (QED) is 0.586. The predicted octanol–water partition coefficient (Wildman–Crippen LogP) is 3.37. The molecule has 0 aliphatic carbocycles. The van der Waals surface area contributed by atoms with Gasteiger partial charge in [-0.25, -0.2) is 0 Å². The average molecular weight is 439 g/mol. The second-order valence-electron chi connectivity index (χ2n) is 7.01. The average Bonchev–Trinajstić information content (AvgIpc) is 3.27. The molecule has 2 N–H and O–H groups in total. The van der Waals surface area contributed by atoms with E-state index in [1.165, 1.54) is 11.3 Å². The van der Waals surface area contributed by atoms with Crippen LogP contribution in [0, 0.1) is 0 Å². The first-order chi connectivity index (χ1) is 15.1. The topological polar surface area (TPSA) is 102 Å². The molecule has 1 atom stereocenters. The number of anilines is 1. The summed E-state index contributed by atoms with van der Waals surface area (Å²) >= 11 is 1.19. The molecule has 160 valence electrons. The van der Waals surface area contributed by atoms with Gasteiger partial charge in [-0.1, -0.05) is 35.6 Å². The molecule has 8 nitrogen and oxygen atoms in total. The van der Waals surface area contributed by atoms with Crippen LogP contribution in [-0.2, 0) is 11.2 Å². The summed E-state index contributed by atoms with van der Waals surface area (Å²) in [5.41, 5.74) is 1.63. The summed E-state index contributed by atoms with van der Waals surface area (Å²) in [4.78, 5) is 24.6. The van der Waals surface area contributed by atoms with E-state index in [9.17, 15) is 9.59 Å². The third-order valence-electron chi connectivity index (χ3n) is 4.70. The Morgan fingerprint density at radius 2 is 1.84 bits per heavy atom. The lowest BCUT2D eigenvalue weighted by Crippen LogP contribution is -2.27. The van der Waals surface area contributed by atoms with Crippen molar-refractivity contribution < 1.29 is 19.1 Å². The lowest BCUT2D eigenvalue weighted by atomic mass is 10.1. The summed E-state index contributed by atoms with van der Waals surface area (Å²) in [7, 11) is 0. The number of aryl methyl sites for hydroxylation is 1. The molecule has 0 unspecified atom stereocenters. The Hall–Kier alpha value is -3.46. The Bertz CT molecular complexity index is 1070. The van der Waals surface area contributed by atoms with Crippen LogP contribution in [0.2, 0.25) is 0 Å². The number of benzene rings is 2. The minimum atomic E-state index is -0.313. The number of para-hydroxylation sites is 1. The van der Waals surface area contributed by atoms with Gasteiger partial charge in [-0.05, 0) is 36.8 Å². The van der Waals surface area contributed by atoms with Gasteiger partial charge in [-0.15, -0.1) is 10.2 Å². The Morgan fingerprint density at radius 1 is 1.06 bits per heavy atom. The van der Waals surface area contributed by atoms with Gasteiger partial charge in [0.25, 0.3) is 5.91 Å². The maximum absolute atomic E-state index is 12.4. The number of hydrogen-bond donors (Lipinski definition) is 2. The van der Waals surface area contributed by atoms with Crippen molar-refractivity contribution in [2.45, 2.75) is 25.8 Å². The highest BCUT2D eigenvalue weighted by molar-refractivity contribution is 7.13. The monoisotopic (exact) mass is 438 g/mol. The summed E-state index contributed by atoms with van der Waals surface area (Å²) < 4.78 is 11.1. The molecule has 1 aliphatic rings. The maximum Gasteiger partial charge on any atom is 0.286 e. The molecular weight excluding hydrogens is 416 g/mol. The summed E-state index contributed by atoms with van der Waals surface area (Å²) in [6.07, 6.45) is 0.666. The zero-order valence-corrected chi connectivity index (χ0v) is 17.8. The third kappa shape index (κ3) is 5.37. The van der Waals surface area contributed by atoms with Crippen molar-refractivity contribution in [3.05, 3.63) is 64.1 Å². The number of carbonyl (C=O) groups is 2. The number of rotatable bonds is 7. The predicted molar refractivity (Wildman–Crippen MR) is 117 cm³/mol. The van der Waals surface area contributed by atoms with Crippen LogP contribution in [0.4, 0.5) is 5.69 Å². The van der Waals surface area contributed by atoms with Gasteiger partial charge in [-0.2, -0.15) is 0 Å². The molecule has 0 fully saturated rings. The molecule has 2 aromatic carbocycles. The summed E-state index contributed by atoms with van der Waals surface area (Å²) in [5.74, 6) is 0.997. The van der Waals surface area contributed by atoms with Crippen molar-refractivity contribution in [3.8, 4) is 11.5 Å². The molecule has 2 heterocycles. The van der Waals surface area contributed by atoms with Gasteiger partial charge < -0.3 is 20.1 Å². The lowest BCUT2D eigenvalue weighted by molar-refractivity contribution is -0.121. The number of hydrogen-bond acceptors (Lipinski definition) is 7. The normalized spacial score (nSPS) is 13.3. The molecule has 0 spiro atoms. The molecule has 0 saturated carbocycles. The molecule has 1 aliphatic heterocycles. The Morgan fingerprint density at radius 3 is 2.65 bits per heavy atom. The van der Waals surface area contributed by atoms with Gasteiger partial charge in [0.2, 0.25) is 10.9 Å². The first-order valence-electron chi connectivity index (χ1n) is 9.96. The fourth-order valence-corrected chi connectivity index (χ4v) is 3.83. The molecule has 4 rings (SSSR count). The largest absolute Gasteiger partial charge is 0.486 e. The molecule has 3 aromatic rings. The maximum atomic E-state index is 12.4. The molecule has 9 heteroatoms. The third-order valence-corrected chi connectivity index (χ3v) is 5.68. The van der Waals surface area contributed by atoms with Crippen LogP contribution in [0.15, 0.2) is 48.5 Å². The van der Waals surface area contributed by atoms with Crippen LogP contribution in [0.5, 0.6) is 11.5 Å². The minimum Gasteiger partial charge on any atom is -0.486 e. The van der Waals surface area contributed by atoms with Crippen LogP contribution < -0.4 is 20.1 Å². The Labute approximate surface area is 183 Å². The minimum absolute atomic E-state index is 0.104. The number of nitrogens with zero attached hydrogens (tertiary/aromatic N) is 2. The number of ether oxygens (including phenoxy) is 2. The van der Waals surface area contributed by atoms with Crippen molar-refractivity contribution in [2.75, 3.05) is 18.5 Å². The fourth-order valence-electron chi connectivity index (χ4n) is 3.10. The Balaban J connectivity index is 1.27. The highest BCUT2D eigenvalue weighted by Gasteiger charge is 2.17. The molecule has 0 bridgehead atoms. The van der Waals surface area contributed by atoms with E-state index in [2.05, 4.69) is 20.8 Å². The fraction of sp³-hybridized carbons (Fsp3) is 0.273. The molecular formula is C22H22N4O4S. The van der Waals surface area contributed by atoms with E-state index in [0.29, 0.717) is 36.1 Å². The summed E-state index contributed by atoms with van der Waals surface area (Å²) in [6.45, 7) is 2.98. The van der Waals surface area contributed by atoms with Crippen LogP contribution >= 0.6 is 11.3 Å². The number of fused-ring (bicyclic) bond motifs is 1. The van der Waals surface area contributed by atoms with Gasteiger partial charge >= 0.3 is 0 Å². The van der Waals surface area contributed by atoms with E-state index in [1.54, 1.807) is 12.1 Å². The van der Waals surface area contributed by atoms with Crippen molar-refractivity contribution in [3.63, 3.8) is 0 Å². The number of amides is 2. The van der Waals surface area contributed by atoms with E-state index in [-0.39, 0.29) is 29.3 Å². The number of aromatic nitrogens is 2. The lowest BCUT2D eigenvalue weighted by Gasteiger charge is -2.21. The van der Waals surface area contributed by atoms with Crippen LogP contribution in [-0.4, -0.2) is 35.2 Å². The standard InChI is InChI=1S/C22H22N4O4S/c1-14(15-7-8-17-18(13-15)30-12-11-29-17)23-19(27)9-10-20-25-26-22(31-20)21(28)24-16-5-3-2-4-6-16/h2-8,13-14H,9-12H2,1H3,(H,23,27)(H,24,28)/t14-/m1/s1. The van der Waals surface area contributed by atoms with Gasteiger partial charge in [0, 0.05) is 18.5 Å². The highest BCUT2D eigenvalue weighted by Crippen LogP contribution is 2.32. The summed E-state index contributed by atoms with van der Waals surface area (Å²) in [5, 5.41) is 14.6. The smallest absolute Gasteiger partial charge is 0.286 e. The van der Waals surface area contributed by atoms with Gasteiger partial charge in [0.1, 0.15) is 18.2 Å². The zero-order chi connectivity index (χ0) is 21.6. The zero-order valence-electron chi connectivity index (χ0n) is 17.0. The van der Waals surface area contributed by atoms with Crippen LogP contribution in [0.3, 0.4) is 0 Å². The van der Waals surface area contributed by atoms with Gasteiger partial charge in [0.05, 0.1) is 6.04 Å². The molecule has 2 amide bonds. The van der Waals surface area contributed by atoms with Crippen molar-refractivity contribution >= 4 is 28.8 Å². The van der Waals surface area contributed by atoms with Crippen molar-refractivity contribution in [1.82, 2.24) is 15.5 Å². The van der Waals surface area contributed by atoms with Crippen molar-refractivity contribution in [2.24, 2.45) is 0 Å².